The number of amides is 1. The molecule has 1 atom stereocenters. The van der Waals surface area contributed by atoms with Crippen LogP contribution in [0.1, 0.15) is 57.3 Å². The Balaban J connectivity index is 1.73. The highest BCUT2D eigenvalue weighted by Gasteiger charge is 2.53. The Hall–Kier alpha value is -2.51. The minimum Gasteiger partial charge on any atom is -0.492 e. The molecular formula is C22H31FN2O5. The molecule has 1 aromatic carbocycles. The molecule has 0 spiro atoms. The molecule has 2 fully saturated rings. The highest BCUT2D eigenvalue weighted by molar-refractivity contribution is 5.91. The zero-order valence-electron chi connectivity index (χ0n) is 18.3. The molecule has 1 amide bonds. The fourth-order valence-corrected chi connectivity index (χ4v) is 4.06. The van der Waals surface area contributed by atoms with Gasteiger partial charge in [0.05, 0.1) is 25.0 Å². The standard InChI is InChI=1S/C22H31FN2O5/c1-6-29-19(26)15-7-8-16(18(28-5)17(15)23)25-12-9-14(13-25)22(10-11-22)24-20(27)30-21(2,3)4/h7-8,14H,6,9-13H2,1-5H3,(H,24,27)/t14-/m0/s1. The lowest BCUT2D eigenvalue weighted by Crippen LogP contribution is -2.45. The summed E-state index contributed by atoms with van der Waals surface area (Å²) in [6.07, 6.45) is 2.26. The Bertz CT molecular complexity index is 816. The number of hydrogen-bond acceptors (Lipinski definition) is 6. The van der Waals surface area contributed by atoms with E-state index < -0.39 is 23.5 Å². The second-order valence-corrected chi connectivity index (χ2v) is 8.91. The van der Waals surface area contributed by atoms with Crippen LogP contribution >= 0.6 is 0 Å². The maximum absolute atomic E-state index is 14.9. The smallest absolute Gasteiger partial charge is 0.408 e. The highest BCUT2D eigenvalue weighted by atomic mass is 19.1. The van der Waals surface area contributed by atoms with Crippen LogP contribution in [0.15, 0.2) is 12.1 Å². The number of halogens is 1. The van der Waals surface area contributed by atoms with Crippen molar-refractivity contribution in [3.05, 3.63) is 23.5 Å². The average molecular weight is 422 g/mol. The molecule has 1 saturated heterocycles. The number of alkyl carbamates (subject to hydrolysis) is 1. The number of esters is 1. The lowest BCUT2D eigenvalue weighted by molar-refractivity contribution is 0.0475. The first kappa shape index (κ1) is 22.2. The van der Waals surface area contributed by atoms with Crippen LogP contribution in [0.4, 0.5) is 14.9 Å². The van der Waals surface area contributed by atoms with Gasteiger partial charge in [-0.2, -0.15) is 0 Å². The molecule has 1 saturated carbocycles. The van der Waals surface area contributed by atoms with Crippen LogP contribution in [0.3, 0.4) is 0 Å². The molecular weight excluding hydrogens is 391 g/mol. The Morgan fingerprint density at radius 3 is 2.57 bits per heavy atom. The Morgan fingerprint density at radius 2 is 2.00 bits per heavy atom. The van der Waals surface area contributed by atoms with Crippen LogP contribution in [0.2, 0.25) is 0 Å². The summed E-state index contributed by atoms with van der Waals surface area (Å²) in [5.41, 5.74) is -0.363. The average Bonchev–Trinajstić information content (AvgIpc) is 3.24. The van der Waals surface area contributed by atoms with Gasteiger partial charge in [0, 0.05) is 24.5 Å². The summed E-state index contributed by atoms with van der Waals surface area (Å²) in [5, 5.41) is 3.06. The molecule has 8 heteroatoms. The second kappa shape index (κ2) is 8.32. The lowest BCUT2D eigenvalue weighted by Gasteiger charge is -2.28. The van der Waals surface area contributed by atoms with Gasteiger partial charge >= 0.3 is 12.1 Å². The van der Waals surface area contributed by atoms with E-state index >= 15 is 0 Å². The van der Waals surface area contributed by atoms with Crippen LogP contribution < -0.4 is 15.0 Å². The number of ether oxygens (including phenoxy) is 3. The first-order valence-electron chi connectivity index (χ1n) is 10.4. The summed E-state index contributed by atoms with van der Waals surface area (Å²) in [7, 11) is 1.39. The first-order valence-corrected chi connectivity index (χ1v) is 10.4. The molecule has 3 rings (SSSR count). The Labute approximate surface area is 176 Å². The zero-order valence-corrected chi connectivity index (χ0v) is 18.3. The van der Waals surface area contributed by atoms with E-state index in [1.165, 1.54) is 13.2 Å². The number of hydrogen-bond donors (Lipinski definition) is 1. The molecule has 1 N–H and O–H groups in total. The molecule has 166 valence electrons. The molecule has 1 aliphatic heterocycles. The molecule has 1 aromatic rings. The molecule has 1 aliphatic carbocycles. The Morgan fingerprint density at radius 1 is 1.30 bits per heavy atom. The van der Waals surface area contributed by atoms with Gasteiger partial charge in [0.25, 0.3) is 0 Å². The van der Waals surface area contributed by atoms with Gasteiger partial charge in [0.2, 0.25) is 0 Å². The fraction of sp³-hybridized carbons (Fsp3) is 0.636. The van der Waals surface area contributed by atoms with Crippen molar-refractivity contribution in [2.24, 2.45) is 5.92 Å². The molecule has 1 heterocycles. The van der Waals surface area contributed by atoms with Gasteiger partial charge < -0.3 is 24.4 Å². The van der Waals surface area contributed by atoms with Crippen molar-refractivity contribution >= 4 is 17.7 Å². The van der Waals surface area contributed by atoms with Gasteiger partial charge in [-0.05, 0) is 59.1 Å². The van der Waals surface area contributed by atoms with Crippen molar-refractivity contribution in [2.75, 3.05) is 31.7 Å². The molecule has 2 aliphatic rings. The fourth-order valence-electron chi connectivity index (χ4n) is 4.06. The SMILES string of the molecule is CCOC(=O)c1ccc(N2CC[C@H](C3(NC(=O)OC(C)(C)C)CC3)C2)c(OC)c1F. The molecule has 0 radical (unpaired) electrons. The third-order valence-corrected chi connectivity index (χ3v) is 5.62. The number of nitrogens with one attached hydrogen (secondary N) is 1. The maximum Gasteiger partial charge on any atom is 0.408 e. The van der Waals surface area contributed by atoms with Crippen LogP contribution in [-0.4, -0.2) is 50.0 Å². The van der Waals surface area contributed by atoms with Gasteiger partial charge in [0.15, 0.2) is 11.6 Å². The van der Waals surface area contributed by atoms with Crippen LogP contribution in [0.25, 0.3) is 0 Å². The van der Waals surface area contributed by atoms with E-state index in [0.717, 1.165) is 19.3 Å². The largest absolute Gasteiger partial charge is 0.492 e. The third kappa shape index (κ3) is 4.63. The molecule has 0 aromatic heterocycles. The summed E-state index contributed by atoms with van der Waals surface area (Å²) >= 11 is 0. The number of anilines is 1. The topological polar surface area (TPSA) is 77.1 Å². The quantitative estimate of drug-likeness (QED) is 0.701. The monoisotopic (exact) mass is 422 g/mol. The van der Waals surface area contributed by atoms with E-state index in [-0.39, 0.29) is 29.4 Å². The first-order chi connectivity index (χ1) is 14.1. The van der Waals surface area contributed by atoms with E-state index in [9.17, 15) is 14.0 Å². The van der Waals surface area contributed by atoms with Gasteiger partial charge in [0.1, 0.15) is 5.60 Å². The van der Waals surface area contributed by atoms with Gasteiger partial charge in [-0.3, -0.25) is 0 Å². The summed E-state index contributed by atoms with van der Waals surface area (Å²) in [4.78, 5) is 26.3. The summed E-state index contributed by atoms with van der Waals surface area (Å²) < 4.78 is 30.5. The number of rotatable bonds is 6. The van der Waals surface area contributed by atoms with E-state index in [1.807, 2.05) is 25.7 Å². The van der Waals surface area contributed by atoms with Crippen molar-refractivity contribution in [1.29, 1.82) is 0 Å². The predicted octanol–water partition coefficient (Wildman–Crippen LogP) is 3.89. The van der Waals surface area contributed by atoms with Gasteiger partial charge in [-0.15, -0.1) is 0 Å². The number of carbonyl (C=O) groups is 2. The predicted molar refractivity (Wildman–Crippen MR) is 111 cm³/mol. The third-order valence-electron chi connectivity index (χ3n) is 5.62. The summed E-state index contributed by atoms with van der Waals surface area (Å²) in [5.74, 6) is -1.17. The number of methoxy groups -OCH3 is 1. The molecule has 30 heavy (non-hydrogen) atoms. The minimum absolute atomic E-state index is 0.0335. The normalized spacial score (nSPS) is 19.9. The number of benzene rings is 1. The van der Waals surface area contributed by atoms with E-state index in [2.05, 4.69) is 5.32 Å². The van der Waals surface area contributed by atoms with E-state index in [4.69, 9.17) is 14.2 Å². The van der Waals surface area contributed by atoms with Crippen LogP contribution in [-0.2, 0) is 9.47 Å². The second-order valence-electron chi connectivity index (χ2n) is 8.91. The van der Waals surface area contributed by atoms with Gasteiger partial charge in [-0.25, -0.2) is 14.0 Å². The van der Waals surface area contributed by atoms with E-state index in [1.54, 1.807) is 13.0 Å². The highest BCUT2D eigenvalue weighted by Crippen LogP contribution is 2.48. The van der Waals surface area contributed by atoms with Gasteiger partial charge in [-0.1, -0.05) is 0 Å². The van der Waals surface area contributed by atoms with Crippen molar-refractivity contribution in [3.63, 3.8) is 0 Å². The van der Waals surface area contributed by atoms with Crippen molar-refractivity contribution in [1.82, 2.24) is 5.32 Å². The minimum atomic E-state index is -0.718. The lowest BCUT2D eigenvalue weighted by atomic mass is 9.96. The Kier molecular flexibility index (Phi) is 6.15. The molecule has 0 bridgehead atoms. The van der Waals surface area contributed by atoms with Crippen molar-refractivity contribution < 1.29 is 28.2 Å². The maximum atomic E-state index is 14.9. The van der Waals surface area contributed by atoms with Crippen molar-refractivity contribution in [2.45, 2.75) is 58.1 Å². The number of carbonyl (C=O) groups excluding carboxylic acids is 2. The number of nitrogens with zero attached hydrogens (tertiary/aromatic N) is 1. The van der Waals surface area contributed by atoms with E-state index in [0.29, 0.717) is 18.8 Å². The molecule has 7 nitrogen and oxygen atoms in total. The summed E-state index contributed by atoms with van der Waals surface area (Å²) in [6, 6.07) is 3.13. The van der Waals surface area contributed by atoms with Crippen molar-refractivity contribution in [3.8, 4) is 5.75 Å². The molecule has 0 unspecified atom stereocenters. The van der Waals surface area contributed by atoms with Crippen LogP contribution in [0, 0.1) is 11.7 Å². The van der Waals surface area contributed by atoms with Crippen LogP contribution in [0.5, 0.6) is 5.75 Å². The zero-order chi connectivity index (χ0) is 22.1. The summed E-state index contributed by atoms with van der Waals surface area (Å²) in [6.45, 7) is 8.72.